The van der Waals surface area contributed by atoms with Crippen molar-refractivity contribution in [1.29, 1.82) is 0 Å². The Kier molecular flexibility index (Phi) is 5.13. The molecular formula is C21H24ClN5O. The van der Waals surface area contributed by atoms with E-state index in [0.29, 0.717) is 19.6 Å². The lowest BCUT2D eigenvalue weighted by molar-refractivity contribution is 0.179. The minimum Gasteiger partial charge on any atom is -0.371 e. The molecule has 2 aromatic carbocycles. The number of rotatable bonds is 2. The van der Waals surface area contributed by atoms with Crippen molar-refractivity contribution in [1.82, 2.24) is 15.5 Å². The molecule has 2 aliphatic rings. The van der Waals surface area contributed by atoms with Crippen LogP contribution in [-0.4, -0.2) is 42.4 Å². The van der Waals surface area contributed by atoms with Crippen LogP contribution in [0.1, 0.15) is 18.4 Å². The molecule has 0 atom stereocenters. The average molecular weight is 398 g/mol. The smallest absolute Gasteiger partial charge is 0.317 e. The van der Waals surface area contributed by atoms with E-state index in [0.717, 1.165) is 40.6 Å². The van der Waals surface area contributed by atoms with Gasteiger partial charge in [0, 0.05) is 31.7 Å². The second-order valence-electron chi connectivity index (χ2n) is 7.21. The topological polar surface area (TPSA) is 68.8 Å². The van der Waals surface area contributed by atoms with Gasteiger partial charge in [-0.2, -0.15) is 0 Å². The Morgan fingerprint density at radius 3 is 2.75 bits per heavy atom. The number of piperidine rings is 1. The predicted octanol–water partition coefficient (Wildman–Crippen LogP) is 3.76. The summed E-state index contributed by atoms with van der Waals surface area (Å²) in [7, 11) is 1.67. The molecule has 0 bridgehead atoms. The van der Waals surface area contributed by atoms with Gasteiger partial charge in [0.2, 0.25) is 0 Å². The van der Waals surface area contributed by atoms with Gasteiger partial charge in [-0.25, -0.2) is 9.79 Å². The molecule has 7 heteroatoms. The van der Waals surface area contributed by atoms with E-state index in [1.165, 1.54) is 0 Å². The summed E-state index contributed by atoms with van der Waals surface area (Å²) in [5.74, 6) is 0.919. The molecule has 0 unspecified atom stereocenters. The zero-order valence-corrected chi connectivity index (χ0v) is 16.6. The number of amidine groups is 1. The predicted molar refractivity (Wildman–Crippen MR) is 113 cm³/mol. The molecule has 1 saturated heterocycles. The molecular weight excluding hydrogens is 374 g/mol. The fourth-order valence-electron chi connectivity index (χ4n) is 3.87. The first kappa shape index (κ1) is 18.6. The Hall–Kier alpha value is -2.73. The Morgan fingerprint density at radius 1 is 1.21 bits per heavy atom. The van der Waals surface area contributed by atoms with E-state index < -0.39 is 0 Å². The summed E-state index contributed by atoms with van der Waals surface area (Å²) in [6.45, 7) is 1.99. The fraction of sp³-hybridized carbons (Fsp3) is 0.333. The van der Waals surface area contributed by atoms with Crippen molar-refractivity contribution in [3.05, 3.63) is 59.1 Å². The number of anilines is 1. The van der Waals surface area contributed by atoms with Gasteiger partial charge in [0.1, 0.15) is 5.84 Å². The molecule has 2 aliphatic heterocycles. The van der Waals surface area contributed by atoms with Crippen molar-refractivity contribution >= 4 is 34.8 Å². The Bertz CT molecular complexity index is 905. The first-order chi connectivity index (χ1) is 13.6. The number of carbonyl (C=O) groups excluding carboxylic acids is 1. The van der Waals surface area contributed by atoms with Crippen LogP contribution in [0, 0.1) is 0 Å². The van der Waals surface area contributed by atoms with E-state index in [-0.39, 0.29) is 11.6 Å². The lowest BCUT2D eigenvalue weighted by Gasteiger charge is -2.45. The van der Waals surface area contributed by atoms with Crippen molar-refractivity contribution in [2.24, 2.45) is 4.99 Å². The van der Waals surface area contributed by atoms with Gasteiger partial charge in [-0.15, -0.1) is 0 Å². The highest BCUT2D eigenvalue weighted by molar-refractivity contribution is 6.30. The number of halogens is 1. The molecule has 0 aliphatic carbocycles. The van der Waals surface area contributed by atoms with Crippen molar-refractivity contribution in [3.63, 3.8) is 0 Å². The van der Waals surface area contributed by atoms with Gasteiger partial charge in [0.15, 0.2) is 0 Å². The summed E-state index contributed by atoms with van der Waals surface area (Å²) in [5.41, 5.74) is 2.75. The van der Waals surface area contributed by atoms with Crippen LogP contribution in [0.5, 0.6) is 0 Å². The number of hydrogen-bond donors (Lipinski definition) is 3. The van der Waals surface area contributed by atoms with Crippen LogP contribution in [0.25, 0.3) is 0 Å². The standard InChI is InChI=1S/C21H24ClN5O/c1-23-20(28)27-11-9-21(10-12-27)19(24-14-15-5-4-6-16(22)13-15)25-17-7-2-3-8-18(17)26-21/h2-8,13,26H,9-12,14H2,1H3,(H,23,28)(H,24,25). The fourth-order valence-corrected chi connectivity index (χ4v) is 4.09. The molecule has 28 heavy (non-hydrogen) atoms. The van der Waals surface area contributed by atoms with Gasteiger partial charge in [0.25, 0.3) is 0 Å². The summed E-state index contributed by atoms with van der Waals surface area (Å²) in [4.78, 5) is 18.8. The minimum atomic E-state index is -0.308. The number of nitrogens with one attached hydrogen (secondary N) is 3. The number of likely N-dealkylation sites (tertiary alicyclic amines) is 1. The first-order valence-electron chi connectivity index (χ1n) is 9.51. The summed E-state index contributed by atoms with van der Waals surface area (Å²) in [6.07, 6.45) is 1.58. The minimum absolute atomic E-state index is 0.0311. The number of para-hydroxylation sites is 2. The molecule has 2 amide bonds. The van der Waals surface area contributed by atoms with Gasteiger partial charge in [-0.3, -0.25) is 0 Å². The van der Waals surface area contributed by atoms with Crippen molar-refractivity contribution in [2.45, 2.75) is 24.9 Å². The number of carbonyl (C=O) groups is 1. The summed E-state index contributed by atoms with van der Waals surface area (Å²) >= 11 is 6.12. The quantitative estimate of drug-likeness (QED) is 0.722. The molecule has 1 fully saturated rings. The highest BCUT2D eigenvalue weighted by atomic mass is 35.5. The second-order valence-corrected chi connectivity index (χ2v) is 7.65. The van der Waals surface area contributed by atoms with Gasteiger partial charge in [-0.1, -0.05) is 35.9 Å². The Balaban J connectivity index is 1.58. The lowest BCUT2D eigenvalue weighted by atomic mass is 9.84. The van der Waals surface area contributed by atoms with Crippen LogP contribution in [-0.2, 0) is 6.54 Å². The number of nitrogens with zero attached hydrogens (tertiary/aromatic N) is 2. The summed E-state index contributed by atoms with van der Waals surface area (Å²) < 4.78 is 0. The Morgan fingerprint density at radius 2 is 2.00 bits per heavy atom. The van der Waals surface area contributed by atoms with E-state index in [1.54, 1.807) is 7.05 Å². The number of hydrogen-bond acceptors (Lipinski definition) is 4. The van der Waals surface area contributed by atoms with Crippen molar-refractivity contribution in [3.8, 4) is 0 Å². The molecule has 3 N–H and O–H groups in total. The van der Waals surface area contributed by atoms with Crippen LogP contribution in [0.4, 0.5) is 16.2 Å². The molecule has 6 nitrogen and oxygen atoms in total. The second kappa shape index (κ2) is 7.72. The molecule has 0 radical (unpaired) electrons. The highest BCUT2D eigenvalue weighted by Crippen LogP contribution is 2.38. The molecule has 2 aromatic rings. The summed E-state index contributed by atoms with van der Waals surface area (Å²) in [6, 6.07) is 15.9. The van der Waals surface area contributed by atoms with Crippen LogP contribution >= 0.6 is 11.6 Å². The number of urea groups is 1. The van der Waals surface area contributed by atoms with Gasteiger partial charge >= 0.3 is 6.03 Å². The molecule has 146 valence electrons. The third kappa shape index (κ3) is 3.64. The lowest BCUT2D eigenvalue weighted by Crippen LogP contribution is -2.60. The molecule has 0 saturated carbocycles. The maximum Gasteiger partial charge on any atom is 0.317 e. The first-order valence-corrected chi connectivity index (χ1v) is 9.89. The van der Waals surface area contributed by atoms with Crippen LogP contribution in [0.3, 0.4) is 0 Å². The highest BCUT2D eigenvalue weighted by Gasteiger charge is 2.42. The largest absolute Gasteiger partial charge is 0.371 e. The normalized spacial score (nSPS) is 17.4. The average Bonchev–Trinajstić information content (AvgIpc) is 2.72. The number of amides is 2. The van der Waals surface area contributed by atoms with E-state index in [1.807, 2.05) is 47.4 Å². The van der Waals surface area contributed by atoms with Gasteiger partial charge in [0.05, 0.1) is 16.9 Å². The van der Waals surface area contributed by atoms with E-state index in [9.17, 15) is 4.79 Å². The number of fused-ring (bicyclic) bond motifs is 1. The third-order valence-electron chi connectivity index (χ3n) is 5.43. The zero-order chi connectivity index (χ0) is 19.6. The molecule has 1 spiro atoms. The van der Waals surface area contributed by atoms with Crippen LogP contribution in [0.15, 0.2) is 53.5 Å². The number of aliphatic imine (C=N–C) groups is 1. The summed E-state index contributed by atoms with van der Waals surface area (Å²) in [5, 5.41) is 10.7. The SMILES string of the molecule is CNC(=O)N1CCC2(CC1)Nc1ccccc1N=C2NCc1cccc(Cl)c1. The van der Waals surface area contributed by atoms with Crippen molar-refractivity contribution in [2.75, 3.05) is 25.5 Å². The van der Waals surface area contributed by atoms with Gasteiger partial charge < -0.3 is 20.9 Å². The molecule has 0 aromatic heterocycles. The van der Waals surface area contributed by atoms with E-state index >= 15 is 0 Å². The van der Waals surface area contributed by atoms with Crippen molar-refractivity contribution < 1.29 is 4.79 Å². The molecule has 2 heterocycles. The van der Waals surface area contributed by atoms with E-state index in [2.05, 4.69) is 22.0 Å². The van der Waals surface area contributed by atoms with Gasteiger partial charge in [-0.05, 0) is 42.7 Å². The monoisotopic (exact) mass is 397 g/mol. The third-order valence-corrected chi connectivity index (χ3v) is 5.67. The molecule has 4 rings (SSSR count). The van der Waals surface area contributed by atoms with Crippen LogP contribution in [0.2, 0.25) is 5.02 Å². The zero-order valence-electron chi connectivity index (χ0n) is 15.8. The number of benzene rings is 2. The van der Waals surface area contributed by atoms with E-state index in [4.69, 9.17) is 16.6 Å². The maximum atomic E-state index is 12.0. The maximum absolute atomic E-state index is 12.0. The Labute approximate surface area is 170 Å². The van der Waals surface area contributed by atoms with Crippen LogP contribution < -0.4 is 16.0 Å².